The zero-order valence-electron chi connectivity index (χ0n) is 13.1. The summed E-state index contributed by atoms with van der Waals surface area (Å²) in [5.74, 6) is -1.23. The average molecular weight is 327 g/mol. The van der Waals surface area contributed by atoms with Gasteiger partial charge in [-0.05, 0) is 24.1 Å². The van der Waals surface area contributed by atoms with Crippen molar-refractivity contribution in [3.05, 3.63) is 75.8 Å². The van der Waals surface area contributed by atoms with Gasteiger partial charge in [-0.1, -0.05) is 37.3 Å². The number of carbonyl (C=O) groups excluding carboxylic acids is 2. The number of amides is 2. The van der Waals surface area contributed by atoms with Crippen LogP contribution < -0.4 is 10.9 Å². The third-order valence-corrected chi connectivity index (χ3v) is 3.57. The molecule has 0 aromatic heterocycles. The molecule has 0 aliphatic heterocycles. The zero-order chi connectivity index (χ0) is 17.5. The quantitative estimate of drug-likeness (QED) is 0.651. The molecule has 1 unspecified atom stereocenters. The number of non-ortho nitro benzene ring substituents is 1. The zero-order valence-corrected chi connectivity index (χ0v) is 13.1. The SMILES string of the molecule is CCC(C(=O)NNC(=O)c1ccc([N+](=O)[O-])cc1)c1ccccc1. The van der Waals surface area contributed by atoms with Crippen LogP contribution in [-0.4, -0.2) is 16.7 Å². The van der Waals surface area contributed by atoms with E-state index in [2.05, 4.69) is 10.9 Å². The molecule has 0 fully saturated rings. The van der Waals surface area contributed by atoms with Crippen LogP contribution in [0, 0.1) is 10.1 Å². The Balaban J connectivity index is 1.97. The summed E-state index contributed by atoms with van der Waals surface area (Å²) in [6.45, 7) is 1.88. The topological polar surface area (TPSA) is 101 Å². The van der Waals surface area contributed by atoms with Gasteiger partial charge in [0.2, 0.25) is 5.91 Å². The van der Waals surface area contributed by atoms with Gasteiger partial charge in [0.15, 0.2) is 0 Å². The first-order valence-electron chi connectivity index (χ1n) is 7.42. The number of hydrazine groups is 1. The van der Waals surface area contributed by atoms with Crippen LogP contribution in [0.5, 0.6) is 0 Å². The van der Waals surface area contributed by atoms with Gasteiger partial charge < -0.3 is 0 Å². The number of nitro benzene ring substituents is 1. The Labute approximate surface area is 138 Å². The number of carbonyl (C=O) groups is 2. The van der Waals surface area contributed by atoms with Crippen LogP contribution in [-0.2, 0) is 4.79 Å². The van der Waals surface area contributed by atoms with Gasteiger partial charge in [-0.15, -0.1) is 0 Å². The highest BCUT2D eigenvalue weighted by molar-refractivity contribution is 5.96. The predicted octanol–water partition coefficient (Wildman–Crippen LogP) is 2.55. The van der Waals surface area contributed by atoms with Crippen LogP contribution >= 0.6 is 0 Å². The molecule has 0 saturated heterocycles. The molecule has 0 heterocycles. The largest absolute Gasteiger partial charge is 0.273 e. The molecule has 0 aliphatic rings. The molecular weight excluding hydrogens is 310 g/mol. The fourth-order valence-electron chi connectivity index (χ4n) is 2.27. The molecule has 7 heteroatoms. The Morgan fingerprint density at radius 2 is 1.67 bits per heavy atom. The second-order valence-corrected chi connectivity index (χ2v) is 5.12. The fourth-order valence-corrected chi connectivity index (χ4v) is 2.27. The van der Waals surface area contributed by atoms with E-state index >= 15 is 0 Å². The van der Waals surface area contributed by atoms with Crippen LogP contribution in [0.15, 0.2) is 54.6 Å². The monoisotopic (exact) mass is 327 g/mol. The van der Waals surface area contributed by atoms with E-state index in [0.717, 1.165) is 5.56 Å². The second-order valence-electron chi connectivity index (χ2n) is 5.12. The minimum atomic E-state index is -0.546. The Hall–Kier alpha value is -3.22. The molecule has 2 amide bonds. The number of hydrogen-bond donors (Lipinski definition) is 2. The highest BCUT2D eigenvalue weighted by atomic mass is 16.6. The van der Waals surface area contributed by atoms with Crippen molar-refractivity contribution in [3.63, 3.8) is 0 Å². The number of nitro groups is 1. The second kappa shape index (κ2) is 7.87. The lowest BCUT2D eigenvalue weighted by Crippen LogP contribution is -2.43. The predicted molar refractivity (Wildman–Crippen MR) is 88.2 cm³/mol. The van der Waals surface area contributed by atoms with Crippen molar-refractivity contribution in [1.82, 2.24) is 10.9 Å². The van der Waals surface area contributed by atoms with E-state index in [0.29, 0.717) is 6.42 Å². The van der Waals surface area contributed by atoms with Gasteiger partial charge in [0, 0.05) is 17.7 Å². The number of benzene rings is 2. The van der Waals surface area contributed by atoms with Crippen molar-refractivity contribution >= 4 is 17.5 Å². The number of rotatable bonds is 5. The van der Waals surface area contributed by atoms with Gasteiger partial charge in [0.1, 0.15) is 0 Å². The molecule has 2 aromatic rings. The smallest absolute Gasteiger partial charge is 0.269 e. The van der Waals surface area contributed by atoms with Gasteiger partial charge in [-0.2, -0.15) is 0 Å². The maximum Gasteiger partial charge on any atom is 0.269 e. The lowest BCUT2D eigenvalue weighted by atomic mass is 9.96. The molecule has 0 radical (unpaired) electrons. The summed E-state index contributed by atoms with van der Waals surface area (Å²) in [5.41, 5.74) is 5.69. The average Bonchev–Trinajstić information content (AvgIpc) is 2.61. The summed E-state index contributed by atoms with van der Waals surface area (Å²) in [4.78, 5) is 34.3. The normalized spacial score (nSPS) is 11.4. The van der Waals surface area contributed by atoms with E-state index < -0.39 is 10.8 Å². The van der Waals surface area contributed by atoms with E-state index in [4.69, 9.17) is 0 Å². The van der Waals surface area contributed by atoms with E-state index in [1.165, 1.54) is 24.3 Å². The minimum absolute atomic E-state index is 0.106. The molecule has 0 bridgehead atoms. The highest BCUT2D eigenvalue weighted by Crippen LogP contribution is 2.19. The van der Waals surface area contributed by atoms with Crippen molar-refractivity contribution in [2.75, 3.05) is 0 Å². The van der Waals surface area contributed by atoms with E-state index in [1.807, 2.05) is 37.3 Å². The van der Waals surface area contributed by atoms with Crippen molar-refractivity contribution in [3.8, 4) is 0 Å². The molecule has 7 nitrogen and oxygen atoms in total. The molecule has 0 spiro atoms. The van der Waals surface area contributed by atoms with Crippen LogP contribution in [0.3, 0.4) is 0 Å². The third kappa shape index (κ3) is 4.16. The number of hydrogen-bond acceptors (Lipinski definition) is 4. The van der Waals surface area contributed by atoms with Crippen LogP contribution in [0.2, 0.25) is 0 Å². The first-order chi connectivity index (χ1) is 11.5. The standard InChI is InChI=1S/C17H17N3O4/c1-2-15(12-6-4-3-5-7-12)17(22)19-18-16(21)13-8-10-14(11-9-13)20(23)24/h3-11,15H,2H2,1H3,(H,18,21)(H,19,22). The summed E-state index contributed by atoms with van der Waals surface area (Å²) < 4.78 is 0. The summed E-state index contributed by atoms with van der Waals surface area (Å²) in [7, 11) is 0. The molecule has 1 atom stereocenters. The van der Waals surface area contributed by atoms with Crippen molar-refractivity contribution < 1.29 is 14.5 Å². The Morgan fingerprint density at radius 1 is 1.04 bits per heavy atom. The molecular formula is C17H17N3O4. The lowest BCUT2D eigenvalue weighted by molar-refractivity contribution is -0.384. The van der Waals surface area contributed by atoms with Crippen LogP contribution in [0.1, 0.15) is 35.2 Å². The van der Waals surface area contributed by atoms with Crippen LogP contribution in [0.25, 0.3) is 0 Å². The molecule has 2 rings (SSSR count). The summed E-state index contributed by atoms with van der Waals surface area (Å²) in [6.07, 6.45) is 0.587. The van der Waals surface area contributed by atoms with Crippen molar-refractivity contribution in [1.29, 1.82) is 0 Å². The Kier molecular flexibility index (Phi) is 5.62. The van der Waals surface area contributed by atoms with Crippen molar-refractivity contribution in [2.45, 2.75) is 19.3 Å². The first kappa shape index (κ1) is 17.1. The first-order valence-corrected chi connectivity index (χ1v) is 7.42. The maximum absolute atomic E-state index is 12.2. The van der Waals surface area contributed by atoms with Gasteiger partial charge in [0.25, 0.3) is 11.6 Å². The Morgan fingerprint density at radius 3 is 2.21 bits per heavy atom. The maximum atomic E-state index is 12.2. The third-order valence-electron chi connectivity index (χ3n) is 3.57. The Bertz CT molecular complexity index is 729. The molecule has 124 valence electrons. The van der Waals surface area contributed by atoms with Gasteiger partial charge in [0.05, 0.1) is 10.8 Å². The number of nitrogens with one attached hydrogen (secondary N) is 2. The lowest BCUT2D eigenvalue weighted by Gasteiger charge is -2.15. The molecule has 2 N–H and O–H groups in total. The van der Waals surface area contributed by atoms with Gasteiger partial charge >= 0.3 is 0 Å². The molecule has 0 aliphatic carbocycles. The van der Waals surface area contributed by atoms with E-state index in [1.54, 1.807) is 0 Å². The summed E-state index contributed by atoms with van der Waals surface area (Å²) in [6, 6.07) is 14.4. The number of nitrogens with zero attached hydrogens (tertiary/aromatic N) is 1. The fraction of sp³-hybridized carbons (Fsp3) is 0.176. The van der Waals surface area contributed by atoms with Crippen molar-refractivity contribution in [2.24, 2.45) is 0 Å². The molecule has 2 aromatic carbocycles. The molecule has 0 saturated carbocycles. The summed E-state index contributed by atoms with van der Waals surface area (Å²) >= 11 is 0. The van der Waals surface area contributed by atoms with Crippen LogP contribution in [0.4, 0.5) is 5.69 Å². The summed E-state index contributed by atoms with van der Waals surface area (Å²) in [5, 5.41) is 10.6. The van der Waals surface area contributed by atoms with E-state index in [9.17, 15) is 19.7 Å². The van der Waals surface area contributed by atoms with E-state index in [-0.39, 0.29) is 23.1 Å². The minimum Gasteiger partial charge on any atom is -0.273 e. The molecule has 24 heavy (non-hydrogen) atoms. The highest BCUT2D eigenvalue weighted by Gasteiger charge is 2.19. The van der Waals surface area contributed by atoms with Gasteiger partial charge in [-0.25, -0.2) is 0 Å². The van der Waals surface area contributed by atoms with Gasteiger partial charge in [-0.3, -0.25) is 30.6 Å².